The smallest absolute Gasteiger partial charge is 0.187 e. The van der Waals surface area contributed by atoms with E-state index in [1.54, 1.807) is 0 Å². The van der Waals surface area contributed by atoms with E-state index in [9.17, 15) is 40.9 Å². The second-order valence-electron chi connectivity index (χ2n) is 17.4. The van der Waals surface area contributed by atoms with Crippen LogP contribution in [0.15, 0.2) is 12.2 Å². The first kappa shape index (κ1) is 36.6. The van der Waals surface area contributed by atoms with Gasteiger partial charge in [0.2, 0.25) is 0 Å². The Hall–Kier alpha value is -0.660. The van der Waals surface area contributed by atoms with Crippen molar-refractivity contribution in [3.8, 4) is 0 Å². The molecule has 4 saturated carbocycles. The molecule has 0 aromatic heterocycles. The molecule has 266 valence electrons. The Morgan fingerprint density at radius 1 is 0.891 bits per heavy atom. The molecule has 0 amide bonds. The summed E-state index contributed by atoms with van der Waals surface area (Å²) in [5.41, 5.74) is -1.75. The number of rotatable bonds is 8. The number of hydrogen-bond acceptors (Lipinski definition) is 10. The highest BCUT2D eigenvalue weighted by Crippen LogP contribution is 2.76. The first-order chi connectivity index (χ1) is 21.2. The molecule has 4 aliphatic carbocycles. The Morgan fingerprint density at radius 3 is 2.13 bits per heavy atom. The van der Waals surface area contributed by atoms with Gasteiger partial charge in [-0.3, -0.25) is 0 Å². The summed E-state index contributed by atoms with van der Waals surface area (Å²) in [5, 5.41) is 87.1. The van der Waals surface area contributed by atoms with E-state index in [0.29, 0.717) is 24.3 Å². The van der Waals surface area contributed by atoms with Crippen molar-refractivity contribution in [3.63, 3.8) is 0 Å². The Bertz CT molecular complexity index is 1130. The van der Waals surface area contributed by atoms with Crippen LogP contribution in [-0.4, -0.2) is 108 Å². The molecular formula is C36H62O10. The molecule has 1 unspecified atom stereocenters. The van der Waals surface area contributed by atoms with Gasteiger partial charge in [-0.15, -0.1) is 0 Å². The third kappa shape index (κ3) is 5.28. The van der Waals surface area contributed by atoms with Gasteiger partial charge < -0.3 is 50.3 Å². The van der Waals surface area contributed by atoms with Crippen LogP contribution in [0.25, 0.3) is 0 Å². The predicted octanol–water partition coefficient (Wildman–Crippen LogP) is 2.27. The van der Waals surface area contributed by atoms with Gasteiger partial charge in [0.1, 0.15) is 30.5 Å². The van der Waals surface area contributed by atoms with Gasteiger partial charge in [-0.25, -0.2) is 0 Å². The molecule has 0 radical (unpaired) electrons. The Morgan fingerprint density at radius 2 is 1.52 bits per heavy atom. The zero-order valence-electron chi connectivity index (χ0n) is 29.0. The van der Waals surface area contributed by atoms with Gasteiger partial charge in [0.15, 0.2) is 6.29 Å². The fourth-order valence-electron chi connectivity index (χ4n) is 12.0. The third-order valence-corrected chi connectivity index (χ3v) is 14.9. The molecule has 8 N–H and O–H groups in total. The van der Waals surface area contributed by atoms with Gasteiger partial charge in [-0.2, -0.15) is 0 Å². The van der Waals surface area contributed by atoms with Crippen LogP contribution in [-0.2, 0) is 9.47 Å². The van der Waals surface area contributed by atoms with E-state index in [-0.39, 0.29) is 28.6 Å². The zero-order valence-corrected chi connectivity index (χ0v) is 29.0. The van der Waals surface area contributed by atoms with Crippen LogP contribution >= 0.6 is 0 Å². The van der Waals surface area contributed by atoms with Crippen molar-refractivity contribution < 1.29 is 50.3 Å². The monoisotopic (exact) mass is 654 g/mol. The van der Waals surface area contributed by atoms with Gasteiger partial charge in [-0.05, 0) is 105 Å². The second-order valence-corrected chi connectivity index (χ2v) is 17.4. The van der Waals surface area contributed by atoms with Crippen LogP contribution in [0.2, 0.25) is 0 Å². The van der Waals surface area contributed by atoms with Gasteiger partial charge in [-0.1, -0.05) is 46.8 Å². The lowest BCUT2D eigenvalue weighted by Gasteiger charge is -2.71. The summed E-state index contributed by atoms with van der Waals surface area (Å²) < 4.78 is 11.9. The average Bonchev–Trinajstić information content (AvgIpc) is 3.36. The standard InChI is InChI=1S/C36H62O10/c1-18(2)21(38)12-16-35(7,44)20-11-14-33(5)19(20)9-10-24-34(33,6)15-13-23-32(3,4)30(28(42)29(43)36(23,24)8)46-31-27(41)26(40)25(39)22(17-37)45-31/h19-31,37-44H,1,9-17H2,2-8H3/t19-,20+,21?,22-,23+,24+,25-,26+,27-,28-,29-,30+,31+,33-,34-,35-,36+/m1/s1. The molecule has 0 aromatic carbocycles. The molecule has 10 nitrogen and oxygen atoms in total. The number of aliphatic hydroxyl groups excluding tert-OH is 7. The van der Waals surface area contributed by atoms with Gasteiger partial charge >= 0.3 is 0 Å². The van der Waals surface area contributed by atoms with E-state index >= 15 is 0 Å². The molecule has 0 aromatic rings. The minimum Gasteiger partial charge on any atom is -0.394 e. The Kier molecular flexibility index (Phi) is 9.78. The number of ether oxygens (including phenoxy) is 2. The zero-order chi connectivity index (χ0) is 34.4. The van der Waals surface area contributed by atoms with E-state index in [1.807, 2.05) is 27.7 Å². The van der Waals surface area contributed by atoms with E-state index in [2.05, 4.69) is 27.4 Å². The van der Waals surface area contributed by atoms with Crippen molar-refractivity contribution in [2.45, 2.75) is 161 Å². The lowest BCUT2D eigenvalue weighted by Crippen LogP contribution is -2.73. The third-order valence-electron chi connectivity index (χ3n) is 14.9. The summed E-state index contributed by atoms with van der Waals surface area (Å²) in [7, 11) is 0. The van der Waals surface area contributed by atoms with Crippen molar-refractivity contribution >= 4 is 0 Å². The Labute approximate surface area is 274 Å². The van der Waals surface area contributed by atoms with Crippen LogP contribution in [0.3, 0.4) is 0 Å². The summed E-state index contributed by atoms with van der Waals surface area (Å²) in [5.74, 6) is 0.459. The summed E-state index contributed by atoms with van der Waals surface area (Å²) >= 11 is 0. The van der Waals surface area contributed by atoms with Crippen LogP contribution in [0.4, 0.5) is 0 Å². The number of aliphatic hydroxyl groups is 8. The highest BCUT2D eigenvalue weighted by atomic mass is 16.7. The van der Waals surface area contributed by atoms with Crippen LogP contribution in [0.1, 0.15) is 99.8 Å². The molecule has 46 heavy (non-hydrogen) atoms. The van der Waals surface area contributed by atoms with Crippen molar-refractivity contribution in [2.75, 3.05) is 6.61 Å². The topological polar surface area (TPSA) is 180 Å². The normalized spacial score (nSPS) is 52.2. The molecule has 5 aliphatic rings. The van der Waals surface area contributed by atoms with Crippen molar-refractivity contribution in [2.24, 2.45) is 45.3 Å². The summed E-state index contributed by atoms with van der Waals surface area (Å²) in [6.45, 7) is 18.0. The summed E-state index contributed by atoms with van der Waals surface area (Å²) in [6.07, 6.45) is -4.93. The molecule has 10 heteroatoms. The van der Waals surface area contributed by atoms with Crippen molar-refractivity contribution in [3.05, 3.63) is 12.2 Å². The molecule has 17 atom stereocenters. The van der Waals surface area contributed by atoms with E-state index in [4.69, 9.17) is 9.47 Å². The first-order valence-electron chi connectivity index (χ1n) is 17.6. The molecule has 1 heterocycles. The van der Waals surface area contributed by atoms with Crippen molar-refractivity contribution in [1.29, 1.82) is 0 Å². The second kappa shape index (κ2) is 12.3. The van der Waals surface area contributed by atoms with Crippen LogP contribution in [0.5, 0.6) is 0 Å². The van der Waals surface area contributed by atoms with Gasteiger partial charge in [0, 0.05) is 5.41 Å². The molecule has 1 saturated heterocycles. The highest BCUT2D eigenvalue weighted by molar-refractivity contribution is 5.21. The number of fused-ring (bicyclic) bond motifs is 5. The highest BCUT2D eigenvalue weighted by Gasteiger charge is 2.73. The van der Waals surface area contributed by atoms with E-state index in [0.717, 1.165) is 38.5 Å². The van der Waals surface area contributed by atoms with Gasteiger partial charge in [0.25, 0.3) is 0 Å². The maximum atomic E-state index is 12.1. The minimum absolute atomic E-state index is 0.0459. The SMILES string of the molecule is C=C(C)C(O)CC[C@@](C)(O)[C@H]1CC[C@]2(C)[C@@H]1CC[C@@H]1[C@@]3(C)[C@H](O)[C@@H](O)[C@H](O[C@@H]4O[C@H](CO)[C@@H](O)[C@H](O)[C@H]4O)C(C)(C)[C@@H]3CC[C@]12C. The van der Waals surface area contributed by atoms with E-state index < -0.39 is 78.2 Å². The Balaban J connectivity index is 1.40. The molecule has 0 bridgehead atoms. The summed E-state index contributed by atoms with van der Waals surface area (Å²) in [6, 6.07) is 0. The average molecular weight is 655 g/mol. The number of hydrogen-bond donors (Lipinski definition) is 8. The molecule has 1 aliphatic heterocycles. The maximum Gasteiger partial charge on any atom is 0.187 e. The maximum absolute atomic E-state index is 12.1. The molecular weight excluding hydrogens is 592 g/mol. The predicted molar refractivity (Wildman–Crippen MR) is 171 cm³/mol. The van der Waals surface area contributed by atoms with Gasteiger partial charge in [0.05, 0.1) is 30.5 Å². The lowest BCUT2D eigenvalue weighted by molar-refractivity contribution is -0.355. The summed E-state index contributed by atoms with van der Waals surface area (Å²) in [4.78, 5) is 0. The molecule has 0 spiro atoms. The fraction of sp³-hybridized carbons (Fsp3) is 0.944. The molecule has 5 fully saturated rings. The first-order valence-corrected chi connectivity index (χ1v) is 17.6. The largest absolute Gasteiger partial charge is 0.394 e. The quantitative estimate of drug-likeness (QED) is 0.143. The lowest BCUT2D eigenvalue weighted by atomic mass is 9.34. The van der Waals surface area contributed by atoms with Crippen LogP contribution < -0.4 is 0 Å². The molecule has 5 rings (SSSR count). The minimum atomic E-state index is -1.60. The fourth-order valence-corrected chi connectivity index (χ4v) is 12.0. The van der Waals surface area contributed by atoms with Crippen molar-refractivity contribution in [1.82, 2.24) is 0 Å². The van der Waals surface area contributed by atoms with E-state index in [1.165, 1.54) is 0 Å². The van der Waals surface area contributed by atoms with Crippen LogP contribution in [0, 0.1) is 45.3 Å².